The van der Waals surface area contributed by atoms with Crippen molar-refractivity contribution in [1.82, 2.24) is 20.3 Å². The van der Waals surface area contributed by atoms with E-state index in [9.17, 15) is 4.79 Å². The van der Waals surface area contributed by atoms with E-state index < -0.39 is 0 Å². The molecule has 23 heavy (non-hydrogen) atoms. The van der Waals surface area contributed by atoms with Crippen LogP contribution in [-0.4, -0.2) is 54.7 Å². The molecule has 0 aliphatic carbocycles. The van der Waals surface area contributed by atoms with E-state index in [4.69, 9.17) is 4.74 Å². The van der Waals surface area contributed by atoms with Crippen molar-refractivity contribution in [1.29, 1.82) is 0 Å². The highest BCUT2D eigenvalue weighted by molar-refractivity contribution is 5.92. The van der Waals surface area contributed by atoms with E-state index in [0.29, 0.717) is 24.7 Å². The number of ether oxygens (including phenoxy) is 1. The molecule has 0 spiro atoms. The van der Waals surface area contributed by atoms with Crippen LogP contribution in [0, 0.1) is 0 Å². The molecule has 2 heterocycles. The maximum absolute atomic E-state index is 12.0. The van der Waals surface area contributed by atoms with Gasteiger partial charge in [-0.2, -0.15) is 0 Å². The third kappa shape index (κ3) is 5.30. The van der Waals surface area contributed by atoms with Gasteiger partial charge in [0.05, 0.1) is 6.61 Å². The van der Waals surface area contributed by atoms with Crippen LogP contribution in [0.3, 0.4) is 0 Å². The van der Waals surface area contributed by atoms with Gasteiger partial charge in [0.1, 0.15) is 17.8 Å². The van der Waals surface area contributed by atoms with Gasteiger partial charge in [-0.3, -0.25) is 9.78 Å². The number of methoxy groups -OCH3 is 1. The van der Waals surface area contributed by atoms with Crippen LogP contribution in [0.25, 0.3) is 0 Å². The number of amides is 1. The van der Waals surface area contributed by atoms with E-state index in [-0.39, 0.29) is 5.91 Å². The van der Waals surface area contributed by atoms with E-state index >= 15 is 0 Å². The van der Waals surface area contributed by atoms with E-state index in [1.807, 2.05) is 24.1 Å². The fourth-order valence-corrected chi connectivity index (χ4v) is 2.00. The van der Waals surface area contributed by atoms with Gasteiger partial charge in [0, 0.05) is 45.7 Å². The Kier molecular flexibility index (Phi) is 6.43. The van der Waals surface area contributed by atoms with Crippen LogP contribution < -0.4 is 10.2 Å². The second kappa shape index (κ2) is 8.79. The summed E-state index contributed by atoms with van der Waals surface area (Å²) in [4.78, 5) is 26.2. The van der Waals surface area contributed by atoms with Crippen molar-refractivity contribution >= 4 is 11.7 Å². The van der Waals surface area contributed by atoms with Crippen molar-refractivity contribution in [3.8, 4) is 0 Å². The lowest BCUT2D eigenvalue weighted by molar-refractivity contribution is 0.0932. The minimum absolute atomic E-state index is 0.228. The van der Waals surface area contributed by atoms with Gasteiger partial charge in [0.15, 0.2) is 0 Å². The Balaban J connectivity index is 1.94. The van der Waals surface area contributed by atoms with Crippen LogP contribution in [0.2, 0.25) is 0 Å². The molecule has 0 radical (unpaired) electrons. The number of aromatic nitrogens is 3. The van der Waals surface area contributed by atoms with Gasteiger partial charge in [-0.25, -0.2) is 9.97 Å². The lowest BCUT2D eigenvalue weighted by atomic mass is 10.2. The van der Waals surface area contributed by atoms with Crippen LogP contribution in [0.5, 0.6) is 0 Å². The summed E-state index contributed by atoms with van der Waals surface area (Å²) in [6, 6.07) is 5.67. The maximum Gasteiger partial charge on any atom is 0.270 e. The summed E-state index contributed by atoms with van der Waals surface area (Å²) in [5, 5.41) is 2.74. The minimum atomic E-state index is -0.228. The minimum Gasteiger partial charge on any atom is -0.383 e. The fraction of sp³-hybridized carbons (Fsp3) is 0.375. The largest absolute Gasteiger partial charge is 0.383 e. The summed E-state index contributed by atoms with van der Waals surface area (Å²) < 4.78 is 4.90. The van der Waals surface area contributed by atoms with Crippen molar-refractivity contribution in [2.75, 3.05) is 38.8 Å². The zero-order valence-electron chi connectivity index (χ0n) is 13.4. The summed E-state index contributed by atoms with van der Waals surface area (Å²) in [5.74, 6) is 0.485. The van der Waals surface area contributed by atoms with Gasteiger partial charge in [-0.1, -0.05) is 0 Å². The highest BCUT2D eigenvalue weighted by Gasteiger charge is 2.10. The van der Waals surface area contributed by atoms with Crippen molar-refractivity contribution in [3.63, 3.8) is 0 Å². The molecule has 2 aromatic heterocycles. The molecule has 0 aromatic carbocycles. The molecule has 0 saturated carbocycles. The lowest BCUT2D eigenvalue weighted by Crippen LogP contribution is -2.28. The normalized spacial score (nSPS) is 10.3. The first-order chi connectivity index (χ1) is 11.2. The Labute approximate surface area is 135 Å². The molecule has 2 rings (SSSR count). The Morgan fingerprint density at radius 2 is 2.09 bits per heavy atom. The highest BCUT2D eigenvalue weighted by atomic mass is 16.5. The van der Waals surface area contributed by atoms with Gasteiger partial charge in [-0.05, 0) is 24.1 Å². The van der Waals surface area contributed by atoms with Gasteiger partial charge >= 0.3 is 0 Å². The molecule has 122 valence electrons. The zero-order valence-corrected chi connectivity index (χ0v) is 13.4. The summed E-state index contributed by atoms with van der Waals surface area (Å²) in [7, 11) is 3.53. The molecule has 1 N–H and O–H groups in total. The molecule has 0 aliphatic rings. The molecule has 0 unspecified atom stereocenters. The number of hydrogen-bond acceptors (Lipinski definition) is 6. The number of carbonyl (C=O) groups excluding carboxylic acids is 1. The molecule has 2 aromatic rings. The topological polar surface area (TPSA) is 80.2 Å². The van der Waals surface area contributed by atoms with E-state index in [0.717, 1.165) is 13.0 Å². The monoisotopic (exact) mass is 315 g/mol. The van der Waals surface area contributed by atoms with Gasteiger partial charge in [0.2, 0.25) is 0 Å². The van der Waals surface area contributed by atoms with Gasteiger partial charge in [0.25, 0.3) is 5.91 Å². The van der Waals surface area contributed by atoms with E-state index in [1.54, 1.807) is 25.6 Å². The maximum atomic E-state index is 12.0. The number of anilines is 1. The summed E-state index contributed by atoms with van der Waals surface area (Å²) in [6.45, 7) is 1.70. The number of pyridine rings is 1. The second-order valence-electron chi connectivity index (χ2n) is 5.04. The van der Waals surface area contributed by atoms with Crippen LogP contribution >= 0.6 is 0 Å². The van der Waals surface area contributed by atoms with E-state index in [1.165, 1.54) is 11.9 Å². The van der Waals surface area contributed by atoms with Crippen LogP contribution in [0.4, 0.5) is 5.82 Å². The Hall–Kier alpha value is -2.54. The molecular weight excluding hydrogens is 294 g/mol. The zero-order chi connectivity index (χ0) is 16.5. The van der Waals surface area contributed by atoms with Crippen LogP contribution in [0.15, 0.2) is 36.9 Å². The number of rotatable bonds is 8. The number of likely N-dealkylation sites (N-methyl/N-ethyl adjacent to an activating group) is 1. The predicted molar refractivity (Wildman–Crippen MR) is 87.5 cm³/mol. The third-order valence-corrected chi connectivity index (χ3v) is 3.35. The molecule has 7 nitrogen and oxygen atoms in total. The van der Waals surface area contributed by atoms with Gasteiger partial charge in [-0.15, -0.1) is 0 Å². The molecular formula is C16H21N5O2. The summed E-state index contributed by atoms with van der Waals surface area (Å²) in [6.07, 6.45) is 5.84. The molecule has 0 aliphatic heterocycles. The predicted octanol–water partition coefficient (Wildman–Crippen LogP) is 0.927. The molecule has 0 atom stereocenters. The van der Waals surface area contributed by atoms with E-state index in [2.05, 4.69) is 20.3 Å². The molecule has 0 fully saturated rings. The molecule has 1 amide bonds. The number of nitrogens with zero attached hydrogens (tertiary/aromatic N) is 4. The van der Waals surface area contributed by atoms with Crippen LogP contribution in [-0.2, 0) is 11.2 Å². The van der Waals surface area contributed by atoms with Crippen LogP contribution in [0.1, 0.15) is 16.1 Å². The standard InChI is InChI=1S/C16H21N5O2/c1-21(9-5-13-3-6-17-7-4-13)15-11-14(19-12-20-15)16(22)18-8-10-23-2/h3-4,6-7,11-12H,5,8-10H2,1-2H3,(H,18,22). The van der Waals surface area contributed by atoms with Gasteiger partial charge < -0.3 is 15.0 Å². The quantitative estimate of drug-likeness (QED) is 0.730. The van der Waals surface area contributed by atoms with Crippen molar-refractivity contribution in [2.24, 2.45) is 0 Å². The Morgan fingerprint density at radius 3 is 2.83 bits per heavy atom. The fourth-order valence-electron chi connectivity index (χ4n) is 2.00. The third-order valence-electron chi connectivity index (χ3n) is 3.35. The molecule has 0 bridgehead atoms. The Bertz CT molecular complexity index is 621. The number of carbonyl (C=O) groups is 1. The number of nitrogens with one attached hydrogen (secondary N) is 1. The van der Waals surface area contributed by atoms with Crippen molar-refractivity contribution < 1.29 is 9.53 Å². The first-order valence-electron chi connectivity index (χ1n) is 7.40. The summed E-state index contributed by atoms with van der Waals surface area (Å²) >= 11 is 0. The smallest absolute Gasteiger partial charge is 0.270 e. The molecule has 0 saturated heterocycles. The average Bonchev–Trinajstić information content (AvgIpc) is 2.61. The highest BCUT2D eigenvalue weighted by Crippen LogP contribution is 2.10. The SMILES string of the molecule is COCCNC(=O)c1cc(N(C)CCc2ccncc2)ncn1. The average molecular weight is 315 g/mol. The first-order valence-corrected chi connectivity index (χ1v) is 7.40. The van der Waals surface area contributed by atoms with Crippen molar-refractivity contribution in [2.45, 2.75) is 6.42 Å². The van der Waals surface area contributed by atoms with Crippen molar-refractivity contribution in [3.05, 3.63) is 48.2 Å². The summed E-state index contributed by atoms with van der Waals surface area (Å²) in [5.41, 5.74) is 1.56. The first kappa shape index (κ1) is 16.8. The molecule has 7 heteroatoms. The second-order valence-corrected chi connectivity index (χ2v) is 5.04. The number of hydrogen-bond donors (Lipinski definition) is 1. The lowest BCUT2D eigenvalue weighted by Gasteiger charge is -2.18. The Morgan fingerprint density at radius 1 is 1.30 bits per heavy atom.